The van der Waals surface area contributed by atoms with Gasteiger partial charge in [-0.2, -0.15) is 0 Å². The molecule has 2 aromatic carbocycles. The number of benzene rings is 2. The van der Waals surface area contributed by atoms with E-state index in [1.807, 2.05) is 54.6 Å². The van der Waals surface area contributed by atoms with Crippen molar-refractivity contribution in [3.63, 3.8) is 0 Å². The van der Waals surface area contributed by atoms with Crippen molar-refractivity contribution in [2.75, 3.05) is 7.11 Å². The SMILES string of the molecule is COc1cc(/C=C\C(C)=N\O)ccc1OCc1ccccc1. The van der Waals surface area contributed by atoms with Crippen LogP contribution in [0.2, 0.25) is 0 Å². The van der Waals surface area contributed by atoms with Crippen LogP contribution in [0.1, 0.15) is 18.1 Å². The lowest BCUT2D eigenvalue weighted by atomic mass is 10.1. The van der Waals surface area contributed by atoms with Crippen molar-refractivity contribution in [3.8, 4) is 11.5 Å². The molecule has 2 aromatic rings. The van der Waals surface area contributed by atoms with Gasteiger partial charge in [-0.25, -0.2) is 0 Å². The van der Waals surface area contributed by atoms with Crippen LogP contribution in [-0.4, -0.2) is 18.0 Å². The Balaban J connectivity index is 2.10. The predicted molar refractivity (Wildman–Crippen MR) is 87.7 cm³/mol. The number of allylic oxidation sites excluding steroid dienone is 1. The smallest absolute Gasteiger partial charge is 0.161 e. The highest BCUT2D eigenvalue weighted by molar-refractivity contribution is 5.95. The molecule has 1 N–H and O–H groups in total. The third-order valence-electron chi connectivity index (χ3n) is 3.10. The Hall–Kier alpha value is -2.75. The average molecular weight is 297 g/mol. The molecular weight excluding hydrogens is 278 g/mol. The van der Waals surface area contributed by atoms with Crippen LogP contribution < -0.4 is 9.47 Å². The van der Waals surface area contributed by atoms with Gasteiger partial charge < -0.3 is 14.7 Å². The topological polar surface area (TPSA) is 51.0 Å². The number of hydrogen-bond acceptors (Lipinski definition) is 4. The molecule has 0 aliphatic carbocycles. The summed E-state index contributed by atoms with van der Waals surface area (Å²) in [6.07, 6.45) is 3.57. The van der Waals surface area contributed by atoms with Gasteiger partial charge in [-0.1, -0.05) is 47.6 Å². The molecule has 0 aliphatic rings. The Bertz CT molecular complexity index is 663. The van der Waals surface area contributed by atoms with Crippen LogP contribution in [0.5, 0.6) is 11.5 Å². The Morgan fingerprint density at radius 1 is 1.14 bits per heavy atom. The van der Waals surface area contributed by atoms with E-state index in [4.69, 9.17) is 14.7 Å². The maximum atomic E-state index is 8.63. The first kappa shape index (κ1) is 15.6. The number of nitrogens with zero attached hydrogens (tertiary/aromatic N) is 1. The Labute approximate surface area is 130 Å². The van der Waals surface area contributed by atoms with Crippen molar-refractivity contribution in [1.29, 1.82) is 0 Å². The summed E-state index contributed by atoms with van der Waals surface area (Å²) in [5.74, 6) is 1.35. The molecule has 0 saturated carbocycles. The van der Waals surface area contributed by atoms with Gasteiger partial charge in [0.25, 0.3) is 0 Å². The largest absolute Gasteiger partial charge is 0.493 e. The lowest BCUT2D eigenvalue weighted by Crippen LogP contribution is -1.97. The second-order valence-corrected chi connectivity index (χ2v) is 4.76. The quantitative estimate of drug-likeness (QED) is 0.495. The molecule has 4 nitrogen and oxygen atoms in total. The fourth-order valence-electron chi connectivity index (χ4n) is 1.89. The highest BCUT2D eigenvalue weighted by Crippen LogP contribution is 2.29. The van der Waals surface area contributed by atoms with E-state index in [9.17, 15) is 0 Å². The van der Waals surface area contributed by atoms with Crippen molar-refractivity contribution >= 4 is 11.8 Å². The van der Waals surface area contributed by atoms with E-state index in [-0.39, 0.29) is 0 Å². The Morgan fingerprint density at radius 2 is 1.91 bits per heavy atom. The minimum atomic E-state index is 0.489. The van der Waals surface area contributed by atoms with Gasteiger partial charge in [-0.05, 0) is 36.3 Å². The molecule has 0 heterocycles. The van der Waals surface area contributed by atoms with Crippen LogP contribution in [-0.2, 0) is 6.61 Å². The van der Waals surface area contributed by atoms with Crippen LogP contribution in [0.25, 0.3) is 6.08 Å². The van der Waals surface area contributed by atoms with E-state index >= 15 is 0 Å². The average Bonchev–Trinajstić information content (AvgIpc) is 2.58. The van der Waals surface area contributed by atoms with Crippen LogP contribution in [0.15, 0.2) is 59.8 Å². The number of rotatable bonds is 6. The molecule has 0 fully saturated rings. The van der Waals surface area contributed by atoms with Crippen LogP contribution in [0.4, 0.5) is 0 Å². The molecule has 0 radical (unpaired) electrons. The van der Waals surface area contributed by atoms with E-state index < -0.39 is 0 Å². The zero-order valence-electron chi connectivity index (χ0n) is 12.7. The molecule has 0 amide bonds. The van der Waals surface area contributed by atoms with E-state index in [0.29, 0.717) is 23.8 Å². The summed E-state index contributed by atoms with van der Waals surface area (Å²) >= 11 is 0. The van der Waals surface area contributed by atoms with Crippen molar-refractivity contribution in [3.05, 3.63) is 65.7 Å². The van der Waals surface area contributed by atoms with E-state index in [1.165, 1.54) is 0 Å². The van der Waals surface area contributed by atoms with Gasteiger partial charge in [0.15, 0.2) is 11.5 Å². The van der Waals surface area contributed by atoms with Crippen LogP contribution >= 0.6 is 0 Å². The molecule has 2 rings (SSSR count). The van der Waals surface area contributed by atoms with Crippen molar-refractivity contribution in [1.82, 2.24) is 0 Å². The molecule has 0 saturated heterocycles. The Morgan fingerprint density at radius 3 is 2.59 bits per heavy atom. The zero-order valence-corrected chi connectivity index (χ0v) is 12.7. The standard InChI is InChI=1S/C18H19NO3/c1-14(19-20)8-9-15-10-11-17(18(12-15)21-2)22-13-16-6-4-3-5-7-16/h3-12,20H,13H2,1-2H3/b9-8-,19-14+. The molecule has 114 valence electrons. The lowest BCUT2D eigenvalue weighted by Gasteiger charge is -2.11. The van der Waals surface area contributed by atoms with Gasteiger partial charge in [0.2, 0.25) is 0 Å². The van der Waals surface area contributed by atoms with Gasteiger partial charge in [-0.15, -0.1) is 0 Å². The molecular formula is C18H19NO3. The maximum absolute atomic E-state index is 8.63. The normalized spacial score (nSPS) is 11.6. The van der Waals surface area contributed by atoms with Gasteiger partial charge in [0, 0.05) is 0 Å². The number of oxime groups is 1. The first-order chi connectivity index (χ1) is 10.7. The molecule has 0 atom stereocenters. The maximum Gasteiger partial charge on any atom is 0.161 e. The van der Waals surface area contributed by atoms with Gasteiger partial charge in [-0.3, -0.25) is 0 Å². The molecule has 0 aliphatic heterocycles. The molecule has 0 spiro atoms. The van der Waals surface area contributed by atoms with Crippen LogP contribution in [0, 0.1) is 0 Å². The zero-order chi connectivity index (χ0) is 15.8. The molecule has 0 bridgehead atoms. The second-order valence-electron chi connectivity index (χ2n) is 4.76. The summed E-state index contributed by atoms with van der Waals surface area (Å²) < 4.78 is 11.2. The first-order valence-electron chi connectivity index (χ1n) is 6.94. The molecule has 4 heteroatoms. The predicted octanol–water partition coefficient (Wildman–Crippen LogP) is 4.14. The summed E-state index contributed by atoms with van der Waals surface area (Å²) in [5, 5.41) is 11.7. The highest BCUT2D eigenvalue weighted by atomic mass is 16.5. The minimum absolute atomic E-state index is 0.489. The van der Waals surface area contributed by atoms with Crippen LogP contribution in [0.3, 0.4) is 0 Å². The molecule has 22 heavy (non-hydrogen) atoms. The van der Waals surface area contributed by atoms with E-state index in [2.05, 4.69) is 5.16 Å². The summed E-state index contributed by atoms with van der Waals surface area (Å²) in [7, 11) is 1.61. The van der Waals surface area contributed by atoms with Gasteiger partial charge in [0.05, 0.1) is 12.8 Å². The monoisotopic (exact) mass is 297 g/mol. The third-order valence-corrected chi connectivity index (χ3v) is 3.10. The first-order valence-corrected chi connectivity index (χ1v) is 6.94. The highest BCUT2D eigenvalue weighted by Gasteiger charge is 2.05. The summed E-state index contributed by atoms with van der Waals surface area (Å²) in [4.78, 5) is 0. The molecule has 0 unspecified atom stereocenters. The van der Waals surface area contributed by atoms with Gasteiger partial charge >= 0.3 is 0 Å². The molecule has 0 aromatic heterocycles. The lowest BCUT2D eigenvalue weighted by molar-refractivity contribution is 0.284. The number of ether oxygens (including phenoxy) is 2. The summed E-state index contributed by atoms with van der Waals surface area (Å²) in [5.41, 5.74) is 2.57. The minimum Gasteiger partial charge on any atom is -0.493 e. The van der Waals surface area contributed by atoms with Crippen molar-refractivity contribution in [2.45, 2.75) is 13.5 Å². The second kappa shape index (κ2) is 7.88. The summed E-state index contributed by atoms with van der Waals surface area (Å²) in [6, 6.07) is 15.6. The summed E-state index contributed by atoms with van der Waals surface area (Å²) in [6.45, 7) is 2.20. The third kappa shape index (κ3) is 4.38. The fourth-order valence-corrected chi connectivity index (χ4v) is 1.89. The number of hydrogen-bond donors (Lipinski definition) is 1. The fraction of sp³-hybridized carbons (Fsp3) is 0.167. The van der Waals surface area contributed by atoms with Crippen molar-refractivity contribution in [2.24, 2.45) is 5.16 Å². The van der Waals surface area contributed by atoms with E-state index in [1.54, 1.807) is 20.1 Å². The Kier molecular flexibility index (Phi) is 5.60. The van der Waals surface area contributed by atoms with Gasteiger partial charge in [0.1, 0.15) is 6.61 Å². The van der Waals surface area contributed by atoms with E-state index in [0.717, 1.165) is 11.1 Å². The number of methoxy groups -OCH3 is 1. The van der Waals surface area contributed by atoms with Crippen molar-refractivity contribution < 1.29 is 14.7 Å².